The molecular weight excluding hydrogens is 498 g/mol. The van der Waals surface area contributed by atoms with E-state index in [1.165, 1.54) is 24.6 Å². The summed E-state index contributed by atoms with van der Waals surface area (Å²) in [6.45, 7) is 0.500. The van der Waals surface area contributed by atoms with E-state index in [0.29, 0.717) is 34.8 Å². The van der Waals surface area contributed by atoms with Gasteiger partial charge in [-0.15, -0.1) is 10.8 Å². The number of halogens is 2. The number of fused-ring (bicyclic) bond motifs is 1. The van der Waals surface area contributed by atoms with E-state index in [1.54, 1.807) is 41.7 Å². The summed E-state index contributed by atoms with van der Waals surface area (Å²) in [5.41, 5.74) is 1.35. The van der Waals surface area contributed by atoms with Crippen molar-refractivity contribution in [1.82, 2.24) is 4.31 Å². The van der Waals surface area contributed by atoms with Crippen molar-refractivity contribution in [2.45, 2.75) is 43.0 Å². The maximum Gasteiger partial charge on any atom is 0.338 e. The van der Waals surface area contributed by atoms with Gasteiger partial charge in [0.25, 0.3) is 0 Å². The average Bonchev–Trinajstić information content (AvgIpc) is 2.98. The fourth-order valence-corrected chi connectivity index (χ4v) is 7.25. The monoisotopic (exact) mass is 528 g/mol. The van der Waals surface area contributed by atoms with Crippen LogP contribution in [0.5, 0.6) is 0 Å². The number of rotatable bonds is 4. The third kappa shape index (κ3) is 4.72. The molecule has 1 atom stereocenters. The van der Waals surface area contributed by atoms with Gasteiger partial charge in [0.2, 0.25) is 0 Å². The van der Waals surface area contributed by atoms with Crippen molar-refractivity contribution in [1.29, 1.82) is 0 Å². The molecule has 6 nitrogen and oxygen atoms in total. The Hall–Kier alpha value is -2.98. The number of nitrogens with one attached hydrogen (secondary N) is 1. The van der Waals surface area contributed by atoms with E-state index < -0.39 is 33.9 Å². The molecule has 1 aliphatic heterocycles. The zero-order chi connectivity index (χ0) is 26.3. The number of anilines is 1. The summed E-state index contributed by atoms with van der Waals surface area (Å²) < 4.78 is 54.0. The minimum atomic E-state index is -3.44. The topological polar surface area (TPSA) is 93.0 Å². The van der Waals surface area contributed by atoms with Crippen LogP contribution in [0.4, 0.5) is 14.5 Å². The van der Waals surface area contributed by atoms with Crippen molar-refractivity contribution in [3.05, 3.63) is 71.8 Å². The summed E-state index contributed by atoms with van der Waals surface area (Å²) in [6, 6.07) is 13.0. The minimum absolute atomic E-state index is 0.109. The molecule has 0 radical (unpaired) electrons. The quantitative estimate of drug-likeness (QED) is 0.283. The molecule has 3 aromatic rings. The lowest BCUT2D eigenvalue weighted by Crippen LogP contribution is -2.43. The number of carbonyl (C=O) groups is 1. The van der Waals surface area contributed by atoms with Gasteiger partial charge in [-0.25, -0.2) is 13.6 Å². The maximum atomic E-state index is 15.0. The summed E-state index contributed by atoms with van der Waals surface area (Å²) in [6.07, 6.45) is 5.43. The van der Waals surface area contributed by atoms with Crippen LogP contribution < -0.4 is 5.32 Å². The molecule has 1 heterocycles. The van der Waals surface area contributed by atoms with Crippen molar-refractivity contribution in [3.8, 4) is 22.3 Å². The SMILES string of the molecule is CN1C(C2CCCCC2)CNc2cc(-c3ccccc3F)c(-c3ccc(F)c(C(=O)O)c3)cc2S1(O)O. The van der Waals surface area contributed by atoms with Crippen molar-refractivity contribution >= 4 is 22.4 Å². The Balaban J connectivity index is 1.70. The molecule has 196 valence electrons. The molecule has 0 aromatic heterocycles. The second kappa shape index (κ2) is 10.1. The molecule has 1 unspecified atom stereocenters. The first-order chi connectivity index (χ1) is 17.7. The second-order valence-electron chi connectivity index (χ2n) is 9.78. The number of benzene rings is 3. The molecule has 4 N–H and O–H groups in total. The van der Waals surface area contributed by atoms with Gasteiger partial charge in [0.1, 0.15) is 11.6 Å². The fraction of sp³-hybridized carbons (Fsp3) is 0.321. The normalized spacial score (nSPS) is 20.9. The predicted octanol–water partition coefficient (Wildman–Crippen LogP) is 7.33. The van der Waals surface area contributed by atoms with Crippen molar-refractivity contribution in [2.24, 2.45) is 5.92 Å². The zero-order valence-corrected chi connectivity index (χ0v) is 21.3. The highest BCUT2D eigenvalue weighted by atomic mass is 32.3. The summed E-state index contributed by atoms with van der Waals surface area (Å²) in [5.74, 6) is -2.49. The summed E-state index contributed by atoms with van der Waals surface area (Å²) >= 11 is 0. The first kappa shape index (κ1) is 25.7. The smallest absolute Gasteiger partial charge is 0.338 e. The number of nitrogens with zero attached hydrogens (tertiary/aromatic N) is 1. The number of hydrogen-bond acceptors (Lipinski definition) is 5. The number of carboxylic acid groups (broad SMARTS) is 1. The minimum Gasteiger partial charge on any atom is -0.478 e. The van der Waals surface area contributed by atoms with E-state index in [-0.39, 0.29) is 16.5 Å². The van der Waals surface area contributed by atoms with E-state index in [0.717, 1.165) is 31.7 Å². The summed E-state index contributed by atoms with van der Waals surface area (Å²) in [5, 5.41) is 12.9. The van der Waals surface area contributed by atoms with Gasteiger partial charge in [-0.2, -0.15) is 4.31 Å². The van der Waals surface area contributed by atoms with Gasteiger partial charge >= 0.3 is 5.97 Å². The number of aromatic carboxylic acids is 1. The summed E-state index contributed by atoms with van der Waals surface area (Å²) in [4.78, 5) is 11.9. The lowest BCUT2D eigenvalue weighted by atomic mass is 9.84. The Bertz CT molecular complexity index is 1340. The highest BCUT2D eigenvalue weighted by molar-refractivity contribution is 8.22. The lowest BCUT2D eigenvalue weighted by molar-refractivity contribution is 0.0692. The van der Waals surface area contributed by atoms with Crippen molar-refractivity contribution in [2.75, 3.05) is 18.9 Å². The number of hydrogen-bond donors (Lipinski definition) is 4. The van der Waals surface area contributed by atoms with Crippen LogP contribution in [0.1, 0.15) is 42.5 Å². The van der Waals surface area contributed by atoms with Gasteiger partial charge in [-0.3, -0.25) is 9.11 Å². The van der Waals surface area contributed by atoms with Crippen LogP contribution in [0.25, 0.3) is 22.3 Å². The molecule has 0 spiro atoms. The predicted molar refractivity (Wildman–Crippen MR) is 142 cm³/mol. The van der Waals surface area contributed by atoms with Crippen LogP contribution in [-0.2, 0) is 0 Å². The summed E-state index contributed by atoms with van der Waals surface area (Å²) in [7, 11) is -1.72. The highest BCUT2D eigenvalue weighted by Gasteiger charge is 2.38. The van der Waals surface area contributed by atoms with Gasteiger partial charge in [0.05, 0.1) is 16.1 Å². The molecule has 9 heteroatoms. The van der Waals surface area contributed by atoms with Crippen LogP contribution >= 0.6 is 10.8 Å². The average molecular weight is 529 g/mol. The fourth-order valence-electron chi connectivity index (χ4n) is 5.61. The Morgan fingerprint density at radius 2 is 1.68 bits per heavy atom. The molecule has 0 bridgehead atoms. The molecular formula is C28H30F2N2O4S. The molecule has 5 rings (SSSR count). The Labute approximate surface area is 216 Å². The van der Waals surface area contributed by atoms with Crippen LogP contribution in [0.2, 0.25) is 0 Å². The molecule has 0 saturated heterocycles. The van der Waals surface area contributed by atoms with Crippen LogP contribution in [-0.4, -0.2) is 44.1 Å². The van der Waals surface area contributed by atoms with E-state index >= 15 is 0 Å². The highest BCUT2D eigenvalue weighted by Crippen LogP contribution is 2.59. The van der Waals surface area contributed by atoms with Gasteiger partial charge in [0.15, 0.2) is 0 Å². The third-order valence-corrected chi connectivity index (χ3v) is 9.65. The Kier molecular flexibility index (Phi) is 6.97. The van der Waals surface area contributed by atoms with Gasteiger partial charge in [0, 0.05) is 25.2 Å². The van der Waals surface area contributed by atoms with Crippen LogP contribution in [0.15, 0.2) is 59.5 Å². The van der Waals surface area contributed by atoms with Crippen LogP contribution in [0, 0.1) is 17.6 Å². The molecule has 3 aromatic carbocycles. The first-order valence-corrected chi connectivity index (χ1v) is 13.9. The van der Waals surface area contributed by atoms with Crippen LogP contribution in [0.3, 0.4) is 0 Å². The van der Waals surface area contributed by atoms with Gasteiger partial charge in [-0.05, 0) is 65.8 Å². The standard InChI is InChI=1S/C28H30F2N2O4S/c1-32-26(17-7-3-2-4-8-17)16-31-25-14-21(19-9-5-6-10-23(19)29)20(15-27(25)37(32,35)36)18-11-12-24(30)22(13-18)28(33)34/h5-6,9-15,17,26,31,35-36H,2-4,7-8,16H2,1H3,(H,33,34). The Morgan fingerprint density at radius 3 is 2.38 bits per heavy atom. The van der Waals surface area contributed by atoms with Gasteiger partial charge in [-0.1, -0.05) is 43.5 Å². The van der Waals surface area contributed by atoms with E-state index in [4.69, 9.17) is 0 Å². The number of carboxylic acids is 1. The van der Waals surface area contributed by atoms with E-state index in [9.17, 15) is 27.8 Å². The van der Waals surface area contributed by atoms with Gasteiger partial charge < -0.3 is 10.4 Å². The Morgan fingerprint density at radius 1 is 0.946 bits per heavy atom. The molecule has 1 fully saturated rings. The van der Waals surface area contributed by atoms with Crippen molar-refractivity contribution < 1.29 is 27.8 Å². The lowest BCUT2D eigenvalue weighted by Gasteiger charge is -2.46. The first-order valence-electron chi connectivity index (χ1n) is 12.4. The third-order valence-electron chi connectivity index (χ3n) is 7.65. The maximum absolute atomic E-state index is 15.0. The number of likely N-dealkylation sites (N-methyl/N-ethyl adjacent to an activating group) is 1. The zero-order valence-electron chi connectivity index (χ0n) is 20.5. The van der Waals surface area contributed by atoms with E-state index in [1.807, 2.05) is 0 Å². The van der Waals surface area contributed by atoms with Crippen molar-refractivity contribution in [3.63, 3.8) is 0 Å². The van der Waals surface area contributed by atoms with E-state index in [2.05, 4.69) is 5.32 Å². The molecule has 1 aliphatic carbocycles. The molecule has 2 aliphatic rings. The molecule has 37 heavy (non-hydrogen) atoms. The molecule has 0 amide bonds. The second-order valence-corrected chi connectivity index (χ2v) is 11.8. The largest absolute Gasteiger partial charge is 0.478 e. The molecule has 1 saturated carbocycles.